The predicted molar refractivity (Wildman–Crippen MR) is 203 cm³/mol. The van der Waals surface area contributed by atoms with E-state index in [1.807, 2.05) is 12.3 Å². The third-order valence-electron chi connectivity index (χ3n) is 11.4. The van der Waals surface area contributed by atoms with Crippen LogP contribution in [0.3, 0.4) is 0 Å². The average molecular weight is 651 g/mol. The first-order valence-corrected chi connectivity index (χ1v) is 18.4. The van der Waals surface area contributed by atoms with E-state index in [-0.39, 0.29) is 6.04 Å². The number of aromatic nitrogens is 1. The lowest BCUT2D eigenvalue weighted by atomic mass is 9.90. The van der Waals surface area contributed by atoms with Gasteiger partial charge in [0.25, 0.3) is 0 Å². The summed E-state index contributed by atoms with van der Waals surface area (Å²) in [7, 11) is 0. The van der Waals surface area contributed by atoms with Crippen molar-refractivity contribution in [2.45, 2.75) is 71.0 Å². The molecule has 4 aromatic rings. The molecule has 4 aliphatic rings. The van der Waals surface area contributed by atoms with Crippen LogP contribution in [0.25, 0.3) is 11.1 Å². The van der Waals surface area contributed by atoms with Gasteiger partial charge >= 0.3 is 0 Å². The van der Waals surface area contributed by atoms with Gasteiger partial charge in [-0.3, -0.25) is 4.90 Å². The van der Waals surface area contributed by atoms with Crippen LogP contribution in [0, 0.1) is 12.8 Å². The standard InChI is InChI=1S/C43H50N6/c1-30-8-10-35(11-9-30)36-14-12-34(13-15-36)31(2)48-32(3)49(41-7-5-4-6-40(41)48)39-21-26-47(27-22-39)43(37-16-17-37)38-19-24-46(25-20-38)29-33-18-23-45-42(44)28-33/h4-15,18,23,28,31,38-39H,3,16-17,19-22,24-27,29H2,1-2H3,(H2,44,45). The number of nitrogen functional groups attached to an aromatic ring is 1. The third kappa shape index (κ3) is 6.47. The van der Waals surface area contributed by atoms with Gasteiger partial charge in [0.2, 0.25) is 0 Å². The van der Waals surface area contributed by atoms with Gasteiger partial charge in [-0.15, -0.1) is 0 Å². The molecule has 6 heteroatoms. The topological polar surface area (TPSA) is 51.9 Å². The van der Waals surface area contributed by atoms with Crippen LogP contribution in [0.1, 0.15) is 68.2 Å². The molecule has 252 valence electrons. The summed E-state index contributed by atoms with van der Waals surface area (Å²) in [4.78, 5) is 14.6. The average Bonchev–Trinajstić information content (AvgIpc) is 3.91. The van der Waals surface area contributed by atoms with Gasteiger partial charge in [-0.05, 0) is 112 Å². The van der Waals surface area contributed by atoms with Crippen LogP contribution in [-0.4, -0.2) is 47.0 Å². The summed E-state index contributed by atoms with van der Waals surface area (Å²) < 4.78 is 0. The highest BCUT2D eigenvalue weighted by Crippen LogP contribution is 2.48. The second-order valence-corrected chi connectivity index (χ2v) is 14.7. The fourth-order valence-electron chi connectivity index (χ4n) is 8.62. The predicted octanol–water partition coefficient (Wildman–Crippen LogP) is 8.92. The van der Waals surface area contributed by atoms with Crippen molar-refractivity contribution >= 4 is 17.2 Å². The van der Waals surface area contributed by atoms with Crippen molar-refractivity contribution in [3.8, 4) is 11.1 Å². The van der Waals surface area contributed by atoms with Gasteiger partial charge in [-0.1, -0.05) is 78.4 Å². The normalized spacial score (nSPS) is 19.3. The molecule has 1 saturated carbocycles. The molecule has 1 atom stereocenters. The number of rotatable bonds is 8. The van der Waals surface area contributed by atoms with E-state index in [1.165, 1.54) is 64.9 Å². The maximum absolute atomic E-state index is 5.95. The molecule has 8 rings (SSSR count). The summed E-state index contributed by atoms with van der Waals surface area (Å²) in [6, 6.07) is 31.6. The smallest absolute Gasteiger partial charge is 0.123 e. The van der Waals surface area contributed by atoms with E-state index < -0.39 is 0 Å². The number of hydrogen-bond donors (Lipinski definition) is 1. The van der Waals surface area contributed by atoms with Gasteiger partial charge in [-0.2, -0.15) is 0 Å². The highest BCUT2D eigenvalue weighted by molar-refractivity contribution is 5.83. The van der Waals surface area contributed by atoms with E-state index in [4.69, 9.17) is 12.3 Å². The maximum atomic E-state index is 5.95. The van der Waals surface area contributed by atoms with Crippen molar-refractivity contribution in [1.29, 1.82) is 0 Å². The first-order valence-electron chi connectivity index (χ1n) is 18.4. The van der Waals surface area contributed by atoms with Crippen LogP contribution in [0.4, 0.5) is 17.2 Å². The zero-order valence-corrected chi connectivity index (χ0v) is 29.2. The number of piperidine rings is 2. The number of hydrogen-bond acceptors (Lipinski definition) is 6. The molecule has 0 bridgehead atoms. The van der Waals surface area contributed by atoms with Crippen molar-refractivity contribution in [3.05, 3.63) is 131 Å². The van der Waals surface area contributed by atoms with Crippen molar-refractivity contribution < 1.29 is 0 Å². The monoisotopic (exact) mass is 650 g/mol. The van der Waals surface area contributed by atoms with Crippen LogP contribution >= 0.6 is 0 Å². The lowest BCUT2D eigenvalue weighted by Crippen LogP contribution is -2.46. The van der Waals surface area contributed by atoms with Crippen molar-refractivity contribution in [3.63, 3.8) is 0 Å². The van der Waals surface area contributed by atoms with Crippen molar-refractivity contribution in [2.24, 2.45) is 5.92 Å². The number of likely N-dealkylation sites (tertiary alicyclic amines) is 2. The molecule has 49 heavy (non-hydrogen) atoms. The molecule has 0 amide bonds. The molecule has 3 aliphatic heterocycles. The zero-order chi connectivity index (χ0) is 33.5. The minimum absolute atomic E-state index is 0.179. The number of aryl methyl sites for hydroxylation is 1. The quantitative estimate of drug-likeness (QED) is 0.206. The van der Waals surface area contributed by atoms with Crippen LogP contribution in [0.5, 0.6) is 0 Å². The molecule has 1 unspecified atom stereocenters. The second-order valence-electron chi connectivity index (χ2n) is 14.7. The van der Waals surface area contributed by atoms with Crippen LogP contribution < -0.4 is 15.5 Å². The summed E-state index contributed by atoms with van der Waals surface area (Å²) in [5, 5.41) is 0. The summed E-state index contributed by atoms with van der Waals surface area (Å²) in [5.41, 5.74) is 18.3. The number of fused-ring (bicyclic) bond motifs is 1. The first kappa shape index (κ1) is 31.7. The van der Waals surface area contributed by atoms with E-state index in [2.05, 4.69) is 117 Å². The lowest BCUT2D eigenvalue weighted by molar-refractivity contribution is 0.159. The molecule has 3 aromatic carbocycles. The molecule has 0 spiro atoms. The number of para-hydroxylation sites is 2. The Hall–Kier alpha value is -4.55. The molecular formula is C43H50N6. The zero-order valence-electron chi connectivity index (χ0n) is 29.2. The number of nitrogens with two attached hydrogens (primary N) is 1. The van der Waals surface area contributed by atoms with E-state index in [0.717, 1.165) is 51.4 Å². The highest BCUT2D eigenvalue weighted by atomic mass is 15.4. The Bertz CT molecular complexity index is 1820. The van der Waals surface area contributed by atoms with Crippen LogP contribution in [0.2, 0.25) is 0 Å². The van der Waals surface area contributed by atoms with Gasteiger partial charge in [0, 0.05) is 43.5 Å². The molecular weight excluding hydrogens is 601 g/mol. The minimum Gasteiger partial charge on any atom is -0.384 e. The van der Waals surface area contributed by atoms with Gasteiger partial charge in [-0.25, -0.2) is 4.98 Å². The van der Waals surface area contributed by atoms with E-state index >= 15 is 0 Å². The largest absolute Gasteiger partial charge is 0.384 e. The highest BCUT2D eigenvalue weighted by Gasteiger charge is 2.40. The molecule has 2 N–H and O–H groups in total. The second kappa shape index (κ2) is 13.4. The molecule has 1 aliphatic carbocycles. The fraction of sp³-hybridized carbons (Fsp3) is 0.372. The molecule has 4 heterocycles. The van der Waals surface area contributed by atoms with E-state index in [0.29, 0.717) is 17.8 Å². The summed E-state index contributed by atoms with van der Waals surface area (Å²) >= 11 is 0. The van der Waals surface area contributed by atoms with Crippen molar-refractivity contribution in [2.75, 3.05) is 41.7 Å². The Kier molecular flexibility index (Phi) is 8.67. The van der Waals surface area contributed by atoms with Crippen LogP contribution in [0.15, 0.2) is 115 Å². The molecule has 2 saturated heterocycles. The van der Waals surface area contributed by atoms with E-state index in [1.54, 1.807) is 11.3 Å². The third-order valence-corrected chi connectivity index (χ3v) is 11.4. The number of pyridine rings is 1. The number of nitrogens with zero attached hydrogens (tertiary/aromatic N) is 5. The van der Waals surface area contributed by atoms with Crippen LogP contribution in [-0.2, 0) is 6.54 Å². The molecule has 0 radical (unpaired) electrons. The van der Waals surface area contributed by atoms with Gasteiger partial charge in [0.1, 0.15) is 11.6 Å². The molecule has 3 fully saturated rings. The Morgan fingerprint density at radius 2 is 1.49 bits per heavy atom. The minimum atomic E-state index is 0.179. The van der Waals surface area contributed by atoms with Gasteiger partial charge in [0.05, 0.1) is 17.4 Å². The first-order chi connectivity index (χ1) is 23.9. The molecule has 6 nitrogen and oxygen atoms in total. The summed E-state index contributed by atoms with van der Waals surface area (Å²) in [6.07, 6.45) is 9.21. The lowest BCUT2D eigenvalue weighted by Gasteiger charge is -2.43. The number of anilines is 3. The SMILES string of the molecule is C=C1N(C2CCN(C(=C3CC3)C3CCN(Cc4ccnc(N)c4)CC3)CC2)c2ccccc2N1C(C)c1ccc(-c2ccc(C)cc2)cc1. The van der Waals surface area contributed by atoms with Gasteiger partial charge in [0.15, 0.2) is 0 Å². The Morgan fingerprint density at radius 1 is 0.837 bits per heavy atom. The van der Waals surface area contributed by atoms with Gasteiger partial charge < -0.3 is 20.4 Å². The molecule has 1 aromatic heterocycles. The number of allylic oxidation sites excluding steroid dienone is 2. The summed E-state index contributed by atoms with van der Waals surface area (Å²) in [6.45, 7) is 14.7. The Morgan fingerprint density at radius 3 is 2.14 bits per heavy atom. The Labute approximate surface area is 292 Å². The summed E-state index contributed by atoms with van der Waals surface area (Å²) in [5.74, 6) is 2.41. The van der Waals surface area contributed by atoms with E-state index in [9.17, 15) is 0 Å². The van der Waals surface area contributed by atoms with Crippen molar-refractivity contribution in [1.82, 2.24) is 14.8 Å². The number of benzene rings is 3. The maximum Gasteiger partial charge on any atom is 0.123 e. The fourth-order valence-corrected chi connectivity index (χ4v) is 8.62. The Balaban J connectivity index is 0.927.